The Hall–Kier alpha value is -2.92. The van der Waals surface area contributed by atoms with Gasteiger partial charge in [-0.1, -0.05) is 35.9 Å². The lowest BCUT2D eigenvalue weighted by Gasteiger charge is -2.17. The predicted molar refractivity (Wildman–Crippen MR) is 108 cm³/mol. The number of hydrogen-bond acceptors (Lipinski definition) is 4. The van der Waals surface area contributed by atoms with Crippen molar-refractivity contribution in [2.45, 2.75) is 20.3 Å². The number of para-hydroxylation sites is 1. The third kappa shape index (κ3) is 3.38. The molecule has 1 N–H and O–H groups in total. The summed E-state index contributed by atoms with van der Waals surface area (Å²) in [4.78, 5) is 23.2. The van der Waals surface area contributed by atoms with Crippen LogP contribution in [0.5, 0.6) is 0 Å². The van der Waals surface area contributed by atoms with Crippen LogP contribution in [0.4, 0.5) is 17.2 Å². The first-order valence-electron chi connectivity index (χ1n) is 8.78. The number of carbonyl (C=O) groups is 1. The lowest BCUT2D eigenvalue weighted by Crippen LogP contribution is -2.29. The maximum atomic E-state index is 12.8. The topological polar surface area (TPSA) is 58.1 Å². The van der Waals surface area contributed by atoms with Gasteiger partial charge >= 0.3 is 0 Å². The summed E-state index contributed by atoms with van der Waals surface area (Å²) in [7, 11) is 0. The number of aromatic nitrogens is 2. The van der Waals surface area contributed by atoms with Gasteiger partial charge in [-0.15, -0.1) is 0 Å². The molecule has 1 aromatic heterocycles. The highest BCUT2D eigenvalue weighted by Gasteiger charge is 2.26. The highest BCUT2D eigenvalue weighted by atomic mass is 35.5. The molecule has 6 heteroatoms. The summed E-state index contributed by atoms with van der Waals surface area (Å²) in [6.07, 6.45) is 3.92. The van der Waals surface area contributed by atoms with Crippen molar-refractivity contribution in [2.75, 3.05) is 16.8 Å². The van der Waals surface area contributed by atoms with E-state index >= 15 is 0 Å². The molecule has 5 nitrogen and oxygen atoms in total. The molecule has 0 saturated carbocycles. The summed E-state index contributed by atoms with van der Waals surface area (Å²) >= 11 is 6.33. The number of aryl methyl sites for hydroxylation is 2. The Morgan fingerprint density at radius 2 is 1.96 bits per heavy atom. The molecule has 0 spiro atoms. The van der Waals surface area contributed by atoms with E-state index in [1.165, 1.54) is 11.8 Å². The van der Waals surface area contributed by atoms with Crippen LogP contribution in [0, 0.1) is 13.8 Å². The minimum Gasteiger partial charge on any atom is -0.338 e. The molecule has 2 heterocycles. The summed E-state index contributed by atoms with van der Waals surface area (Å²) in [6, 6.07) is 11.9. The van der Waals surface area contributed by atoms with Crippen molar-refractivity contribution in [2.24, 2.45) is 0 Å². The van der Waals surface area contributed by atoms with E-state index in [0.717, 1.165) is 28.9 Å². The third-order valence-electron chi connectivity index (χ3n) is 4.69. The van der Waals surface area contributed by atoms with Gasteiger partial charge in [0.25, 0.3) is 5.91 Å². The van der Waals surface area contributed by atoms with E-state index in [1.54, 1.807) is 11.1 Å². The van der Waals surface area contributed by atoms with E-state index in [9.17, 15) is 4.79 Å². The number of benzene rings is 2. The number of carbonyl (C=O) groups excluding carboxylic acids is 1. The second-order valence-corrected chi connectivity index (χ2v) is 7.09. The summed E-state index contributed by atoms with van der Waals surface area (Å²) < 4.78 is 0. The van der Waals surface area contributed by atoms with Gasteiger partial charge in [0.05, 0.1) is 23.1 Å². The van der Waals surface area contributed by atoms with E-state index < -0.39 is 0 Å². The molecule has 1 amide bonds. The predicted octanol–water partition coefficient (Wildman–Crippen LogP) is 4.69. The zero-order chi connectivity index (χ0) is 19.0. The van der Waals surface area contributed by atoms with E-state index in [2.05, 4.69) is 21.4 Å². The molecule has 0 bridgehead atoms. The molecule has 1 aliphatic heterocycles. The lowest BCUT2D eigenvalue weighted by atomic mass is 10.1. The summed E-state index contributed by atoms with van der Waals surface area (Å²) in [5.74, 6) is 0.408. The monoisotopic (exact) mass is 378 g/mol. The molecule has 1 aliphatic rings. The summed E-state index contributed by atoms with van der Waals surface area (Å²) in [5.41, 5.74) is 5.37. The van der Waals surface area contributed by atoms with Crippen LogP contribution in [-0.2, 0) is 6.42 Å². The fourth-order valence-corrected chi connectivity index (χ4v) is 3.76. The molecule has 0 aliphatic carbocycles. The average molecular weight is 379 g/mol. The lowest BCUT2D eigenvalue weighted by molar-refractivity contribution is 0.0984. The van der Waals surface area contributed by atoms with E-state index in [4.69, 9.17) is 11.6 Å². The van der Waals surface area contributed by atoms with Gasteiger partial charge in [-0.2, -0.15) is 0 Å². The molecule has 0 saturated heterocycles. The quantitative estimate of drug-likeness (QED) is 0.718. The molecule has 0 atom stereocenters. The second-order valence-electron chi connectivity index (χ2n) is 6.69. The van der Waals surface area contributed by atoms with Crippen LogP contribution >= 0.6 is 11.6 Å². The molecule has 0 radical (unpaired) electrons. The van der Waals surface area contributed by atoms with Gasteiger partial charge in [-0.3, -0.25) is 4.79 Å². The highest BCUT2D eigenvalue weighted by molar-refractivity contribution is 6.33. The second kappa shape index (κ2) is 7.00. The smallest absolute Gasteiger partial charge is 0.278 e. The maximum absolute atomic E-state index is 12.8. The zero-order valence-corrected chi connectivity index (χ0v) is 15.9. The van der Waals surface area contributed by atoms with Crippen LogP contribution in [-0.4, -0.2) is 22.4 Å². The van der Waals surface area contributed by atoms with Gasteiger partial charge in [0.15, 0.2) is 0 Å². The van der Waals surface area contributed by atoms with E-state index in [0.29, 0.717) is 23.1 Å². The number of amides is 1. The van der Waals surface area contributed by atoms with Gasteiger partial charge < -0.3 is 10.2 Å². The number of rotatable bonds is 3. The minimum absolute atomic E-state index is 0.136. The molecule has 27 heavy (non-hydrogen) atoms. The van der Waals surface area contributed by atoms with Crippen LogP contribution in [0.3, 0.4) is 0 Å². The zero-order valence-electron chi connectivity index (χ0n) is 15.2. The van der Waals surface area contributed by atoms with E-state index in [1.807, 2.05) is 44.2 Å². The van der Waals surface area contributed by atoms with Crippen molar-refractivity contribution in [3.8, 4) is 0 Å². The average Bonchev–Trinajstić information content (AvgIpc) is 3.09. The van der Waals surface area contributed by atoms with Gasteiger partial charge in [-0.05, 0) is 49.1 Å². The Kier molecular flexibility index (Phi) is 4.54. The van der Waals surface area contributed by atoms with Crippen LogP contribution in [0.15, 0.2) is 48.8 Å². The van der Waals surface area contributed by atoms with Gasteiger partial charge in [-0.25, -0.2) is 9.97 Å². The molecular weight excluding hydrogens is 360 g/mol. The van der Waals surface area contributed by atoms with Crippen molar-refractivity contribution < 1.29 is 4.79 Å². The number of anilines is 3. The number of halogens is 1. The van der Waals surface area contributed by atoms with Crippen molar-refractivity contribution in [1.29, 1.82) is 0 Å². The third-order valence-corrected chi connectivity index (χ3v) is 4.99. The first kappa shape index (κ1) is 17.5. The Bertz CT molecular complexity index is 994. The number of nitrogens with one attached hydrogen (secondary N) is 1. The molecular formula is C21H19ClN4O. The van der Waals surface area contributed by atoms with Gasteiger partial charge in [0.1, 0.15) is 11.5 Å². The molecule has 2 aromatic carbocycles. The number of hydrogen-bond donors (Lipinski definition) is 1. The highest BCUT2D eigenvalue weighted by Crippen LogP contribution is 2.30. The van der Waals surface area contributed by atoms with Crippen LogP contribution in [0.25, 0.3) is 0 Å². The largest absolute Gasteiger partial charge is 0.338 e. The first-order chi connectivity index (χ1) is 13.0. The Morgan fingerprint density at radius 1 is 1.15 bits per heavy atom. The van der Waals surface area contributed by atoms with Gasteiger partial charge in [0.2, 0.25) is 0 Å². The SMILES string of the molecule is Cc1cc(C)c(Nc2cnc(C(=O)N3CCc4ccccc43)cn2)c(Cl)c1. The van der Waals surface area contributed by atoms with Crippen molar-refractivity contribution in [3.63, 3.8) is 0 Å². The molecule has 136 valence electrons. The summed E-state index contributed by atoms with van der Waals surface area (Å²) in [5, 5.41) is 3.82. The molecule has 3 aromatic rings. The summed E-state index contributed by atoms with van der Waals surface area (Å²) in [6.45, 7) is 4.65. The maximum Gasteiger partial charge on any atom is 0.278 e. The molecule has 4 rings (SSSR count). The van der Waals surface area contributed by atoms with Crippen molar-refractivity contribution in [3.05, 3.63) is 76.2 Å². The van der Waals surface area contributed by atoms with Crippen LogP contribution in [0.1, 0.15) is 27.2 Å². The fourth-order valence-electron chi connectivity index (χ4n) is 3.39. The fraction of sp³-hybridized carbons (Fsp3) is 0.190. The number of fused-ring (bicyclic) bond motifs is 1. The number of nitrogens with zero attached hydrogens (tertiary/aromatic N) is 3. The first-order valence-corrected chi connectivity index (χ1v) is 9.16. The molecule has 0 unspecified atom stereocenters. The van der Waals surface area contributed by atoms with E-state index in [-0.39, 0.29) is 5.91 Å². The Morgan fingerprint density at radius 3 is 2.70 bits per heavy atom. The van der Waals surface area contributed by atoms with Crippen molar-refractivity contribution in [1.82, 2.24) is 9.97 Å². The molecule has 0 fully saturated rings. The Labute approximate surface area is 163 Å². The van der Waals surface area contributed by atoms with Crippen LogP contribution in [0.2, 0.25) is 5.02 Å². The standard InChI is InChI=1S/C21H19ClN4O/c1-13-9-14(2)20(16(22)10-13)25-19-12-23-17(11-24-19)21(27)26-8-7-15-5-3-4-6-18(15)26/h3-6,9-12H,7-8H2,1-2H3,(H,24,25). The normalized spacial score (nSPS) is 12.8. The van der Waals surface area contributed by atoms with Gasteiger partial charge in [0, 0.05) is 12.2 Å². The van der Waals surface area contributed by atoms with Crippen molar-refractivity contribution >= 4 is 34.7 Å². The Balaban J connectivity index is 1.54. The van der Waals surface area contributed by atoms with Crippen LogP contribution < -0.4 is 10.2 Å². The minimum atomic E-state index is -0.136.